The lowest BCUT2D eigenvalue weighted by Crippen LogP contribution is -2.25. The largest absolute Gasteiger partial charge is 0.313 e. The van der Waals surface area contributed by atoms with E-state index in [1.165, 1.54) is 33.1 Å². The van der Waals surface area contributed by atoms with E-state index in [4.69, 9.17) is 5.84 Å². The van der Waals surface area contributed by atoms with Gasteiger partial charge in [0.15, 0.2) is 0 Å². The Labute approximate surface area is 129 Å². The molecule has 0 spiro atoms. The van der Waals surface area contributed by atoms with E-state index in [9.17, 15) is 0 Å². The molecule has 0 atom stereocenters. The van der Waals surface area contributed by atoms with Crippen molar-refractivity contribution in [2.24, 2.45) is 5.84 Å². The second kappa shape index (κ2) is 5.80. The van der Waals surface area contributed by atoms with Crippen LogP contribution in [0.15, 0.2) is 35.2 Å². The predicted octanol–water partition coefficient (Wildman–Crippen LogP) is 4.54. The minimum Gasteiger partial charge on any atom is -0.313 e. The van der Waals surface area contributed by atoms with Crippen LogP contribution in [0.25, 0.3) is 0 Å². The van der Waals surface area contributed by atoms with Crippen molar-refractivity contribution in [2.75, 3.05) is 12.1 Å². The van der Waals surface area contributed by atoms with Gasteiger partial charge in [0.05, 0.1) is 5.69 Å². The number of thioether (sulfide) groups is 1. The van der Waals surface area contributed by atoms with Crippen LogP contribution >= 0.6 is 23.1 Å². The third kappa shape index (κ3) is 3.03. The van der Waals surface area contributed by atoms with Gasteiger partial charge in [0.2, 0.25) is 0 Å². The van der Waals surface area contributed by atoms with Crippen LogP contribution < -0.4 is 10.9 Å². The van der Waals surface area contributed by atoms with Crippen molar-refractivity contribution < 1.29 is 0 Å². The van der Waals surface area contributed by atoms with Crippen LogP contribution in [0.4, 0.5) is 5.69 Å². The van der Waals surface area contributed by atoms with Crippen LogP contribution in [0.5, 0.6) is 0 Å². The molecule has 0 unspecified atom stereocenters. The highest BCUT2D eigenvalue weighted by atomic mass is 32.2. The van der Waals surface area contributed by atoms with E-state index in [1.54, 1.807) is 5.01 Å². The van der Waals surface area contributed by atoms with E-state index < -0.39 is 0 Å². The van der Waals surface area contributed by atoms with Crippen molar-refractivity contribution in [3.8, 4) is 0 Å². The Morgan fingerprint density at radius 1 is 1.30 bits per heavy atom. The molecule has 0 bridgehead atoms. The number of benzene rings is 1. The Morgan fingerprint density at radius 2 is 2.10 bits per heavy atom. The standard InChI is InChI=1S/C16H20N2S2/c1-11-6-9-13(20-11)10-19-16-14(12-7-8-12)4-3-5-15(16)18(2)17/h3-6,9,12H,7-8,10,17H2,1-2H3. The molecule has 0 aliphatic heterocycles. The molecule has 1 saturated carbocycles. The van der Waals surface area contributed by atoms with E-state index in [0.29, 0.717) is 0 Å². The number of anilines is 1. The first-order chi connectivity index (χ1) is 9.65. The molecule has 1 aliphatic carbocycles. The quantitative estimate of drug-likeness (QED) is 0.500. The van der Waals surface area contributed by atoms with Gasteiger partial charge in [-0.25, -0.2) is 5.84 Å². The van der Waals surface area contributed by atoms with E-state index in [1.807, 2.05) is 30.1 Å². The molecule has 0 amide bonds. The van der Waals surface area contributed by atoms with Gasteiger partial charge >= 0.3 is 0 Å². The van der Waals surface area contributed by atoms with Crippen LogP contribution in [0.1, 0.15) is 34.1 Å². The van der Waals surface area contributed by atoms with Crippen LogP contribution in [-0.4, -0.2) is 7.05 Å². The van der Waals surface area contributed by atoms with Crippen LogP contribution in [0.3, 0.4) is 0 Å². The average molecular weight is 304 g/mol. The Balaban J connectivity index is 1.86. The van der Waals surface area contributed by atoms with Crippen molar-refractivity contribution in [1.82, 2.24) is 0 Å². The zero-order valence-electron chi connectivity index (χ0n) is 11.9. The number of rotatable bonds is 5. The maximum absolute atomic E-state index is 6.00. The van der Waals surface area contributed by atoms with Gasteiger partial charge in [-0.1, -0.05) is 12.1 Å². The van der Waals surface area contributed by atoms with Crippen molar-refractivity contribution in [1.29, 1.82) is 0 Å². The van der Waals surface area contributed by atoms with Crippen molar-refractivity contribution >= 4 is 28.8 Å². The molecule has 4 heteroatoms. The SMILES string of the molecule is Cc1ccc(CSc2c(C3CC3)cccc2N(C)N)s1. The first-order valence-electron chi connectivity index (χ1n) is 6.94. The highest BCUT2D eigenvalue weighted by molar-refractivity contribution is 7.98. The summed E-state index contributed by atoms with van der Waals surface area (Å²) in [7, 11) is 1.92. The van der Waals surface area contributed by atoms with E-state index in [0.717, 1.165) is 17.4 Å². The van der Waals surface area contributed by atoms with Gasteiger partial charge in [0.1, 0.15) is 0 Å². The molecule has 1 aromatic heterocycles. The molecule has 3 rings (SSSR count). The summed E-state index contributed by atoms with van der Waals surface area (Å²) in [4.78, 5) is 4.18. The summed E-state index contributed by atoms with van der Waals surface area (Å²) in [6.45, 7) is 2.16. The number of hydrogen-bond donors (Lipinski definition) is 1. The highest BCUT2D eigenvalue weighted by Gasteiger charge is 2.27. The molecule has 2 aromatic rings. The molecule has 0 saturated heterocycles. The minimum atomic E-state index is 0.752. The summed E-state index contributed by atoms with van der Waals surface area (Å²) in [6.07, 6.45) is 2.65. The molecule has 0 radical (unpaired) electrons. The summed E-state index contributed by atoms with van der Waals surface area (Å²) in [5.41, 5.74) is 2.63. The maximum atomic E-state index is 6.00. The first kappa shape index (κ1) is 14.0. The molecular formula is C16H20N2S2. The van der Waals surface area contributed by atoms with Gasteiger partial charge in [-0.3, -0.25) is 0 Å². The Bertz CT molecular complexity index is 580. The lowest BCUT2D eigenvalue weighted by Gasteiger charge is -2.19. The average Bonchev–Trinajstić information content (AvgIpc) is 3.19. The second-order valence-electron chi connectivity index (χ2n) is 5.38. The molecule has 20 heavy (non-hydrogen) atoms. The van der Waals surface area contributed by atoms with Crippen LogP contribution in [0, 0.1) is 6.92 Å². The van der Waals surface area contributed by atoms with E-state index >= 15 is 0 Å². The lowest BCUT2D eigenvalue weighted by molar-refractivity contribution is 0.970. The molecule has 2 N–H and O–H groups in total. The van der Waals surface area contributed by atoms with Gasteiger partial charge in [0.25, 0.3) is 0 Å². The predicted molar refractivity (Wildman–Crippen MR) is 89.6 cm³/mol. The Morgan fingerprint density at radius 3 is 2.70 bits per heavy atom. The number of aryl methyl sites for hydroxylation is 1. The number of nitrogens with zero attached hydrogens (tertiary/aromatic N) is 1. The summed E-state index contributed by atoms with van der Waals surface area (Å²) < 4.78 is 0. The molecule has 1 heterocycles. The van der Waals surface area contributed by atoms with Crippen molar-refractivity contribution in [3.63, 3.8) is 0 Å². The minimum absolute atomic E-state index is 0.752. The van der Waals surface area contributed by atoms with Crippen LogP contribution in [0.2, 0.25) is 0 Å². The van der Waals surface area contributed by atoms with Crippen molar-refractivity contribution in [2.45, 2.75) is 36.3 Å². The normalized spacial score (nSPS) is 14.6. The fourth-order valence-electron chi connectivity index (χ4n) is 2.40. The molecule has 1 aliphatic rings. The summed E-state index contributed by atoms with van der Waals surface area (Å²) in [5, 5.41) is 1.74. The number of hydrogen-bond acceptors (Lipinski definition) is 4. The Hall–Kier alpha value is -0.970. The third-order valence-electron chi connectivity index (χ3n) is 3.58. The fourth-order valence-corrected chi connectivity index (χ4v) is 4.64. The second-order valence-corrected chi connectivity index (χ2v) is 7.74. The van der Waals surface area contributed by atoms with Gasteiger partial charge in [-0.05, 0) is 49.4 Å². The number of nitrogens with two attached hydrogens (primary N) is 1. The van der Waals surface area contributed by atoms with E-state index in [2.05, 4.69) is 37.3 Å². The Kier molecular flexibility index (Phi) is 4.06. The molecule has 1 aromatic carbocycles. The third-order valence-corrected chi connectivity index (χ3v) is 5.95. The first-order valence-corrected chi connectivity index (χ1v) is 8.75. The summed E-state index contributed by atoms with van der Waals surface area (Å²) in [6, 6.07) is 11.0. The molecular weight excluding hydrogens is 284 g/mol. The van der Waals surface area contributed by atoms with Gasteiger partial charge in [-0.15, -0.1) is 23.1 Å². The number of thiophene rings is 1. The number of hydrazine groups is 1. The smallest absolute Gasteiger partial charge is 0.0652 e. The monoisotopic (exact) mass is 304 g/mol. The fraction of sp³-hybridized carbons (Fsp3) is 0.375. The zero-order valence-corrected chi connectivity index (χ0v) is 13.6. The zero-order chi connectivity index (χ0) is 14.1. The summed E-state index contributed by atoms with van der Waals surface area (Å²) >= 11 is 3.81. The van der Waals surface area contributed by atoms with Gasteiger partial charge in [-0.2, -0.15) is 0 Å². The lowest BCUT2D eigenvalue weighted by atomic mass is 10.1. The summed E-state index contributed by atoms with van der Waals surface area (Å²) in [5.74, 6) is 7.78. The molecule has 106 valence electrons. The maximum Gasteiger partial charge on any atom is 0.0652 e. The molecule has 1 fully saturated rings. The molecule has 2 nitrogen and oxygen atoms in total. The van der Waals surface area contributed by atoms with Gasteiger partial charge in [0, 0.05) is 27.5 Å². The van der Waals surface area contributed by atoms with E-state index in [-0.39, 0.29) is 0 Å². The van der Waals surface area contributed by atoms with Crippen LogP contribution in [-0.2, 0) is 5.75 Å². The topological polar surface area (TPSA) is 29.3 Å². The van der Waals surface area contributed by atoms with Crippen molar-refractivity contribution in [3.05, 3.63) is 45.6 Å². The van der Waals surface area contributed by atoms with Gasteiger partial charge < -0.3 is 5.01 Å². The highest BCUT2D eigenvalue weighted by Crippen LogP contribution is 2.47.